The van der Waals surface area contributed by atoms with E-state index in [1.807, 2.05) is 5.01 Å². The number of piperidine rings is 1. The molecule has 0 amide bonds. The van der Waals surface area contributed by atoms with Gasteiger partial charge in [-0.3, -0.25) is 15.5 Å². The maximum absolute atomic E-state index is 10.9. The van der Waals surface area contributed by atoms with Crippen LogP contribution in [-0.4, -0.2) is 40.0 Å². The molecule has 1 aromatic heterocycles. The van der Waals surface area contributed by atoms with Crippen molar-refractivity contribution in [2.75, 3.05) is 30.9 Å². The molecule has 0 saturated carbocycles. The number of rotatable bonds is 4. The van der Waals surface area contributed by atoms with Crippen molar-refractivity contribution in [2.45, 2.75) is 19.3 Å². The molecule has 98 valence electrons. The number of aromatic nitrogens is 2. The highest BCUT2D eigenvalue weighted by atomic mass is 16.6. The first-order valence-electron chi connectivity index (χ1n) is 5.91. The number of nitrogens with zero attached hydrogens (tertiary/aromatic N) is 4. The van der Waals surface area contributed by atoms with Crippen LogP contribution in [0.5, 0.6) is 0 Å². The second kappa shape index (κ2) is 5.58. The Kier molecular flexibility index (Phi) is 3.88. The number of anilines is 2. The molecule has 8 heteroatoms. The van der Waals surface area contributed by atoms with Crippen molar-refractivity contribution in [3.63, 3.8) is 0 Å². The number of nitro groups is 1. The second-order valence-corrected chi connectivity index (χ2v) is 4.09. The van der Waals surface area contributed by atoms with Crippen LogP contribution in [-0.2, 0) is 0 Å². The molecule has 8 nitrogen and oxygen atoms in total. The van der Waals surface area contributed by atoms with E-state index in [-0.39, 0.29) is 11.5 Å². The molecule has 0 unspecified atom stereocenters. The zero-order valence-electron chi connectivity index (χ0n) is 10.2. The van der Waals surface area contributed by atoms with Crippen molar-refractivity contribution in [1.82, 2.24) is 15.0 Å². The van der Waals surface area contributed by atoms with E-state index in [9.17, 15) is 10.1 Å². The van der Waals surface area contributed by atoms with Gasteiger partial charge >= 0.3 is 5.69 Å². The first-order chi connectivity index (χ1) is 8.70. The zero-order valence-corrected chi connectivity index (χ0v) is 10.2. The minimum atomic E-state index is -0.480. The molecule has 2 N–H and O–H groups in total. The lowest BCUT2D eigenvalue weighted by Crippen LogP contribution is -2.35. The Morgan fingerprint density at radius 3 is 2.72 bits per heavy atom. The summed E-state index contributed by atoms with van der Waals surface area (Å²) in [6, 6.07) is 0. The molecule has 0 aliphatic carbocycles. The molecule has 0 radical (unpaired) electrons. The summed E-state index contributed by atoms with van der Waals surface area (Å²) < 4.78 is 0. The third-order valence-electron chi connectivity index (χ3n) is 2.81. The third-order valence-corrected chi connectivity index (χ3v) is 2.81. The van der Waals surface area contributed by atoms with Crippen molar-refractivity contribution in [3.8, 4) is 0 Å². The van der Waals surface area contributed by atoms with Crippen LogP contribution in [0, 0.1) is 10.1 Å². The van der Waals surface area contributed by atoms with Crippen LogP contribution in [0.25, 0.3) is 0 Å². The number of hydrogen-bond donors (Lipinski definition) is 2. The maximum atomic E-state index is 10.9. The number of hydrogen-bond acceptors (Lipinski definition) is 7. The summed E-state index contributed by atoms with van der Waals surface area (Å²) in [6.45, 7) is 1.74. The lowest BCUT2D eigenvalue weighted by atomic mass is 10.2. The van der Waals surface area contributed by atoms with Crippen molar-refractivity contribution in [3.05, 3.63) is 16.3 Å². The fraction of sp³-hybridized carbons (Fsp3) is 0.600. The van der Waals surface area contributed by atoms with E-state index < -0.39 is 4.92 Å². The molecule has 1 aromatic rings. The lowest BCUT2D eigenvalue weighted by molar-refractivity contribution is -0.384. The van der Waals surface area contributed by atoms with Crippen LogP contribution in [0.4, 0.5) is 17.5 Å². The minimum absolute atomic E-state index is 0.112. The molecule has 0 spiro atoms. The van der Waals surface area contributed by atoms with Crippen molar-refractivity contribution in [2.24, 2.45) is 0 Å². The quantitative estimate of drug-likeness (QED) is 0.614. The van der Waals surface area contributed by atoms with Gasteiger partial charge in [0.25, 0.3) is 0 Å². The lowest BCUT2D eigenvalue weighted by Gasteiger charge is -2.27. The predicted molar refractivity (Wildman–Crippen MR) is 67.3 cm³/mol. The van der Waals surface area contributed by atoms with Gasteiger partial charge in [0.2, 0.25) is 11.8 Å². The summed E-state index contributed by atoms with van der Waals surface area (Å²) in [7, 11) is 1.67. The molecule has 1 aliphatic heterocycles. The topological polar surface area (TPSA) is 96.2 Å². The summed E-state index contributed by atoms with van der Waals surface area (Å²) in [6.07, 6.45) is 4.59. The minimum Gasteiger partial charge on any atom is -0.357 e. The fourth-order valence-corrected chi connectivity index (χ4v) is 1.87. The van der Waals surface area contributed by atoms with E-state index in [4.69, 9.17) is 0 Å². The van der Waals surface area contributed by atoms with Gasteiger partial charge in [-0.25, -0.2) is 9.99 Å². The van der Waals surface area contributed by atoms with Crippen LogP contribution in [0.3, 0.4) is 0 Å². The van der Waals surface area contributed by atoms with E-state index in [0.29, 0.717) is 5.95 Å². The van der Waals surface area contributed by atoms with Gasteiger partial charge in [0.1, 0.15) is 6.20 Å². The van der Waals surface area contributed by atoms with Gasteiger partial charge in [-0.05, 0) is 12.8 Å². The molecule has 0 bridgehead atoms. The third kappa shape index (κ3) is 2.83. The predicted octanol–water partition coefficient (Wildman–Crippen LogP) is 1.24. The van der Waals surface area contributed by atoms with Gasteiger partial charge < -0.3 is 5.32 Å². The largest absolute Gasteiger partial charge is 0.357 e. The average Bonchev–Trinajstić information content (AvgIpc) is 2.39. The maximum Gasteiger partial charge on any atom is 0.330 e. The highest BCUT2D eigenvalue weighted by Crippen LogP contribution is 2.23. The summed E-state index contributed by atoms with van der Waals surface area (Å²) in [5.74, 6) is 0.598. The Labute approximate surface area is 105 Å². The van der Waals surface area contributed by atoms with Crippen molar-refractivity contribution in [1.29, 1.82) is 0 Å². The zero-order chi connectivity index (χ0) is 13.0. The Balaban J connectivity index is 2.19. The molecule has 18 heavy (non-hydrogen) atoms. The highest BCUT2D eigenvalue weighted by molar-refractivity contribution is 5.56. The van der Waals surface area contributed by atoms with E-state index in [2.05, 4.69) is 20.7 Å². The highest BCUT2D eigenvalue weighted by Gasteiger charge is 2.20. The normalized spacial score (nSPS) is 16.3. The molecule has 0 atom stereocenters. The van der Waals surface area contributed by atoms with Crippen LogP contribution >= 0.6 is 0 Å². The summed E-state index contributed by atoms with van der Waals surface area (Å²) in [5.41, 5.74) is 2.89. The molecular formula is C10H16N6O2. The average molecular weight is 252 g/mol. The van der Waals surface area contributed by atoms with Crippen LogP contribution in [0.2, 0.25) is 0 Å². The van der Waals surface area contributed by atoms with Gasteiger partial charge in [0, 0.05) is 20.1 Å². The van der Waals surface area contributed by atoms with Crippen LogP contribution < -0.4 is 10.7 Å². The molecular weight excluding hydrogens is 236 g/mol. The Morgan fingerprint density at radius 2 is 2.11 bits per heavy atom. The van der Waals surface area contributed by atoms with E-state index in [1.165, 1.54) is 12.6 Å². The smallest absolute Gasteiger partial charge is 0.330 e. The number of nitrogens with one attached hydrogen (secondary N) is 2. The molecule has 1 aliphatic rings. The van der Waals surface area contributed by atoms with Crippen molar-refractivity contribution >= 4 is 17.5 Å². The van der Waals surface area contributed by atoms with E-state index in [0.717, 1.165) is 25.9 Å². The summed E-state index contributed by atoms with van der Waals surface area (Å²) in [4.78, 5) is 18.4. The molecule has 1 fully saturated rings. The Hall–Kier alpha value is -1.96. The van der Waals surface area contributed by atoms with E-state index in [1.54, 1.807) is 7.05 Å². The standard InChI is InChI=1S/C10H16N6O2/c1-11-10-12-7-8(16(17)18)9(13-10)14-15-5-3-2-4-6-15/h7H,2-6H2,1H3,(H2,11,12,13,14). The van der Waals surface area contributed by atoms with Gasteiger partial charge in [0.05, 0.1) is 4.92 Å². The molecule has 1 saturated heterocycles. The van der Waals surface area contributed by atoms with E-state index >= 15 is 0 Å². The van der Waals surface area contributed by atoms with Gasteiger partial charge in [0.15, 0.2) is 0 Å². The first kappa shape index (κ1) is 12.5. The molecule has 0 aromatic carbocycles. The Bertz CT molecular complexity index is 432. The van der Waals surface area contributed by atoms with Crippen molar-refractivity contribution < 1.29 is 4.92 Å². The van der Waals surface area contributed by atoms with Crippen LogP contribution in [0.1, 0.15) is 19.3 Å². The summed E-state index contributed by atoms with van der Waals surface area (Å²) in [5, 5.41) is 15.6. The molecule has 2 heterocycles. The fourth-order valence-electron chi connectivity index (χ4n) is 1.87. The van der Waals surface area contributed by atoms with Gasteiger partial charge in [-0.1, -0.05) is 6.42 Å². The first-order valence-corrected chi connectivity index (χ1v) is 5.91. The summed E-state index contributed by atoms with van der Waals surface area (Å²) >= 11 is 0. The number of hydrazine groups is 1. The SMILES string of the molecule is CNc1ncc([N+](=O)[O-])c(NN2CCCCC2)n1. The van der Waals surface area contributed by atoms with Gasteiger partial charge in [-0.2, -0.15) is 4.98 Å². The monoisotopic (exact) mass is 252 g/mol. The van der Waals surface area contributed by atoms with Gasteiger partial charge in [-0.15, -0.1) is 0 Å². The Morgan fingerprint density at radius 1 is 1.39 bits per heavy atom. The molecule has 2 rings (SSSR count). The second-order valence-electron chi connectivity index (χ2n) is 4.09. The van der Waals surface area contributed by atoms with Crippen LogP contribution in [0.15, 0.2) is 6.20 Å².